The van der Waals surface area contributed by atoms with E-state index in [9.17, 15) is 36.3 Å². The van der Waals surface area contributed by atoms with Crippen LogP contribution in [0.3, 0.4) is 0 Å². The van der Waals surface area contributed by atoms with Crippen LogP contribution < -0.4 is 13.9 Å². The van der Waals surface area contributed by atoms with Crippen LogP contribution in [0.15, 0.2) is 122 Å². The van der Waals surface area contributed by atoms with E-state index in [1.807, 2.05) is 59.6 Å². The molecule has 0 aliphatic heterocycles. The van der Waals surface area contributed by atoms with Crippen LogP contribution in [0.1, 0.15) is 75.2 Å². The molecule has 10 nitrogen and oxygen atoms in total. The zero-order valence-corrected chi connectivity index (χ0v) is 38.1. The molecular formula is C51H53F5N2O8S+2. The van der Waals surface area contributed by atoms with Crippen molar-refractivity contribution in [3.05, 3.63) is 149 Å². The predicted molar refractivity (Wildman–Crippen MR) is 242 cm³/mol. The second kappa shape index (κ2) is 23.6. The van der Waals surface area contributed by atoms with Gasteiger partial charge in [0.15, 0.2) is 31.7 Å². The quantitative estimate of drug-likeness (QED) is 0.0160. The van der Waals surface area contributed by atoms with Crippen LogP contribution in [0.4, 0.5) is 22.0 Å². The van der Waals surface area contributed by atoms with Crippen LogP contribution in [-0.4, -0.2) is 63.0 Å². The number of carbonyl (C=O) groups is 3. The fraction of sp³-hybridized carbons (Fsp3) is 0.353. The molecule has 1 aliphatic rings. The highest BCUT2D eigenvalue weighted by Gasteiger charge is 2.57. The molecule has 1 fully saturated rings. The second-order valence-electron chi connectivity index (χ2n) is 16.3. The molecule has 0 saturated heterocycles. The summed E-state index contributed by atoms with van der Waals surface area (Å²) in [5.41, 5.74) is 5.30. The Hall–Kier alpha value is -6.10. The van der Waals surface area contributed by atoms with Gasteiger partial charge >= 0.3 is 30.0 Å². The first-order valence-electron chi connectivity index (χ1n) is 21.9. The molecule has 0 atom stereocenters. The monoisotopic (exact) mass is 948 g/mol. The van der Waals surface area contributed by atoms with Gasteiger partial charge in [0.1, 0.15) is 43.7 Å². The van der Waals surface area contributed by atoms with E-state index < -0.39 is 30.6 Å². The first-order valence-corrected chi connectivity index (χ1v) is 22.7. The largest absolute Gasteiger partial charge is 0.460 e. The van der Waals surface area contributed by atoms with Gasteiger partial charge in [-0.05, 0) is 83.0 Å². The lowest BCUT2D eigenvalue weighted by Gasteiger charge is -2.26. The number of hydrogen-bond donors (Lipinski definition) is 0. The summed E-state index contributed by atoms with van der Waals surface area (Å²) in [4.78, 5) is 36.8. The van der Waals surface area contributed by atoms with Gasteiger partial charge in [-0.2, -0.15) is 26.5 Å². The number of pyridine rings is 1. The summed E-state index contributed by atoms with van der Waals surface area (Å²) in [6.45, 7) is 7.58. The van der Waals surface area contributed by atoms with Crippen LogP contribution in [-0.2, 0) is 43.4 Å². The van der Waals surface area contributed by atoms with Gasteiger partial charge in [-0.25, -0.2) is 19.0 Å². The number of thiazole rings is 1. The van der Waals surface area contributed by atoms with Gasteiger partial charge in [0, 0.05) is 18.2 Å². The summed E-state index contributed by atoms with van der Waals surface area (Å²) in [5.74, 6) is -4.42. The lowest BCUT2D eigenvalue weighted by molar-refractivity contribution is -0.698. The molecule has 0 unspecified atom stereocenters. The Kier molecular flexibility index (Phi) is 17.7. The van der Waals surface area contributed by atoms with Gasteiger partial charge < -0.3 is 23.7 Å². The summed E-state index contributed by atoms with van der Waals surface area (Å²) in [5, 5.41) is 4.19. The summed E-state index contributed by atoms with van der Waals surface area (Å²) >= 11 is 1.53. The molecule has 0 radical (unpaired) electrons. The molecule has 0 N–H and O–H groups in total. The molecule has 7 rings (SSSR count). The molecule has 1 saturated carbocycles. The lowest BCUT2D eigenvalue weighted by atomic mass is 9.79. The Balaban J connectivity index is 0.000000222. The van der Waals surface area contributed by atoms with Crippen molar-refractivity contribution in [2.45, 2.75) is 77.2 Å². The topological polar surface area (TPSA) is 105 Å². The molecule has 354 valence electrons. The molecule has 16 heteroatoms. The van der Waals surface area contributed by atoms with Crippen LogP contribution in [0.25, 0.3) is 21.5 Å². The molecule has 0 amide bonds. The van der Waals surface area contributed by atoms with Crippen molar-refractivity contribution < 1.29 is 69.2 Å². The van der Waals surface area contributed by atoms with Crippen molar-refractivity contribution in [1.29, 1.82) is 0 Å². The number of esters is 3. The van der Waals surface area contributed by atoms with E-state index in [1.165, 1.54) is 77.2 Å². The highest BCUT2D eigenvalue weighted by Crippen LogP contribution is 2.36. The van der Waals surface area contributed by atoms with Gasteiger partial charge in [0.05, 0.1) is 17.7 Å². The molecule has 0 spiro atoms. The number of hydrogen-bond acceptors (Lipinski definition) is 9. The minimum Gasteiger partial charge on any atom is -0.460 e. The zero-order valence-electron chi connectivity index (χ0n) is 37.3. The third-order valence-corrected chi connectivity index (χ3v) is 12.2. The van der Waals surface area contributed by atoms with Crippen molar-refractivity contribution in [2.75, 3.05) is 33.0 Å². The summed E-state index contributed by atoms with van der Waals surface area (Å²) in [6.07, 6.45) is 5.43. The second-order valence-corrected chi connectivity index (χ2v) is 17.3. The third kappa shape index (κ3) is 14.7. The average Bonchev–Trinajstić information content (AvgIpc) is 3.78. The fourth-order valence-electron chi connectivity index (χ4n) is 7.40. The predicted octanol–water partition coefficient (Wildman–Crippen LogP) is 10.5. The Morgan fingerprint density at radius 1 is 0.731 bits per heavy atom. The van der Waals surface area contributed by atoms with Crippen LogP contribution >= 0.6 is 11.3 Å². The molecule has 0 bridgehead atoms. The molecule has 2 aromatic heterocycles. The van der Waals surface area contributed by atoms with Crippen LogP contribution in [0, 0.1) is 12.8 Å². The van der Waals surface area contributed by atoms with Gasteiger partial charge in [-0.1, -0.05) is 91.8 Å². The zero-order chi connectivity index (χ0) is 48.0. The summed E-state index contributed by atoms with van der Waals surface area (Å²) < 4.78 is 91.3. The minimum absolute atomic E-state index is 0.0292. The molecule has 4 aromatic carbocycles. The average molecular weight is 949 g/mol. The fourth-order valence-corrected chi connectivity index (χ4v) is 8.16. The Morgan fingerprint density at radius 3 is 2.06 bits per heavy atom. The van der Waals surface area contributed by atoms with E-state index in [0.29, 0.717) is 37.0 Å². The van der Waals surface area contributed by atoms with Crippen molar-refractivity contribution in [2.24, 2.45) is 5.92 Å². The van der Waals surface area contributed by atoms with Gasteiger partial charge in [0.25, 0.3) is 0 Å². The molecule has 6 aromatic rings. The minimum atomic E-state index is -5.65. The number of fused-ring (bicyclic) bond motifs is 3. The normalized spacial score (nSPS) is 15.1. The molecule has 2 heterocycles. The number of rotatable bonds is 18. The van der Waals surface area contributed by atoms with Crippen molar-refractivity contribution >= 4 is 50.8 Å². The number of ether oxygens (including phenoxy) is 5. The highest BCUT2D eigenvalue weighted by molar-refractivity contribution is 7.09. The van der Waals surface area contributed by atoms with Crippen LogP contribution in [0.2, 0.25) is 0 Å². The maximum atomic E-state index is 12.8. The van der Waals surface area contributed by atoms with Crippen molar-refractivity contribution in [1.82, 2.24) is 0 Å². The number of halogens is 5. The van der Waals surface area contributed by atoms with Crippen LogP contribution in [0.5, 0.6) is 5.75 Å². The number of benzene rings is 4. The van der Waals surface area contributed by atoms with E-state index in [4.69, 9.17) is 18.9 Å². The van der Waals surface area contributed by atoms with E-state index in [1.54, 1.807) is 12.1 Å². The van der Waals surface area contributed by atoms with Crippen molar-refractivity contribution in [3.8, 4) is 5.75 Å². The summed E-state index contributed by atoms with van der Waals surface area (Å²) in [6, 6.07) is 26.4. The van der Waals surface area contributed by atoms with E-state index >= 15 is 0 Å². The highest BCUT2D eigenvalue weighted by atomic mass is 32.1. The Morgan fingerprint density at radius 2 is 1.37 bits per heavy atom. The smallest absolute Gasteiger partial charge is 0.455 e. The number of alkyl halides is 5. The van der Waals surface area contributed by atoms with E-state index in [0.717, 1.165) is 38.4 Å². The molecular weight excluding hydrogens is 896 g/mol. The Bertz CT molecular complexity index is 2610. The first-order chi connectivity index (χ1) is 32.1. The lowest BCUT2D eigenvalue weighted by Crippen LogP contribution is -2.42. The summed E-state index contributed by atoms with van der Waals surface area (Å²) in [7, 11) is 0. The number of aryl methyl sites for hydroxylation is 1. The van der Waals surface area contributed by atoms with E-state index in [-0.39, 0.29) is 37.9 Å². The number of carbonyl (C=O) groups excluding carboxylic acids is 3. The maximum absolute atomic E-state index is 12.8. The standard InChI is InChI=1S/C26H21F5NO3.C25H32NO5S/c1-17-2-6-22-19(14-17)3-4-20-15-21(5-7-23(20)22)35-24(33)18-8-10-32(11-9-18)12-13-34-16-25(27,28)26(29,30)31;1-3-24(27)30-15-14-29-13-12-26-16-23(32-18-26)17-31-25(28)22-10-8-21(9-11-22)20-6-4-19(2)5-7-20/h2-11,14-15H,12-13,16H2,1H3;3,8-11,16,18-20H,1,4-7,12-15,17H2,2H3/q2*+1. The number of aromatic nitrogens is 2. The SMILES string of the molecule is C=CC(=O)OCCOCC[n+]1csc(COC(=O)c2ccc(C3CCC(C)CC3)cc2)c1.Cc1ccc2c(ccc3cc(OC(=O)c4cc[n+](CCOCC(F)(F)C(F)(F)F)cc4)ccc32)c1. The molecule has 67 heavy (non-hydrogen) atoms. The third-order valence-electron chi connectivity index (χ3n) is 11.3. The van der Waals surface area contributed by atoms with E-state index in [2.05, 4.69) is 42.5 Å². The van der Waals surface area contributed by atoms with Gasteiger partial charge in [-0.15, -0.1) is 0 Å². The van der Waals surface area contributed by atoms with Crippen molar-refractivity contribution in [3.63, 3.8) is 0 Å². The van der Waals surface area contributed by atoms with Gasteiger partial charge in [-0.3, -0.25) is 0 Å². The Labute approximate surface area is 389 Å². The first kappa shape index (κ1) is 50.3. The molecule has 1 aliphatic carbocycles. The number of nitrogens with zero attached hydrogens (tertiary/aromatic N) is 2. The van der Waals surface area contributed by atoms with Gasteiger partial charge in [0.2, 0.25) is 5.51 Å². The maximum Gasteiger partial charge on any atom is 0.455 e.